The number of hydrogen-bond donors (Lipinski definition) is 4. The molecule has 1 aromatic carbocycles. The average Bonchev–Trinajstić information content (AvgIpc) is 3.04. The number of hydrogen-bond acceptors (Lipinski definition) is 6. The van der Waals surface area contributed by atoms with Crippen molar-refractivity contribution in [1.29, 1.82) is 0 Å². The molecule has 9 heteroatoms. The fraction of sp³-hybridized carbons (Fsp3) is 0.400. The van der Waals surface area contributed by atoms with Crippen LogP contribution in [0.3, 0.4) is 0 Å². The number of ether oxygens (including phenoxy) is 1. The van der Waals surface area contributed by atoms with E-state index in [0.29, 0.717) is 22.2 Å². The largest absolute Gasteiger partial charge is 0.394 e. The third kappa shape index (κ3) is 3.11. The molecule has 1 aliphatic heterocycles. The summed E-state index contributed by atoms with van der Waals surface area (Å²) < 4.78 is 6.89. The van der Waals surface area contributed by atoms with E-state index in [9.17, 15) is 10.2 Å². The van der Waals surface area contributed by atoms with Gasteiger partial charge in [0.05, 0.1) is 18.6 Å². The number of nitrogens with two attached hydrogens (primary N) is 1. The van der Waals surface area contributed by atoms with Crippen molar-refractivity contribution in [1.82, 2.24) is 9.55 Å². The van der Waals surface area contributed by atoms with Crippen LogP contribution in [0.2, 0.25) is 10.0 Å². The second kappa shape index (κ2) is 6.87. The minimum atomic E-state index is -1.22. The number of benzene rings is 1. The van der Waals surface area contributed by atoms with Crippen LogP contribution in [0.1, 0.15) is 17.5 Å². The molecule has 1 saturated heterocycles. The highest BCUT2D eigenvalue weighted by atomic mass is 35.5. The van der Waals surface area contributed by atoms with E-state index >= 15 is 0 Å². The SMILES string of the molecule is Nc1c(Cc2ccc(Cl)cc2Cl)ncn1[C@@H]1O[C@H](CO)[C@@H](O)[C@H]1O. The van der Waals surface area contributed by atoms with Gasteiger partial charge in [-0.3, -0.25) is 4.57 Å². The number of aliphatic hydroxyl groups excluding tert-OH is 3. The molecule has 0 unspecified atom stereocenters. The summed E-state index contributed by atoms with van der Waals surface area (Å²) in [7, 11) is 0. The zero-order chi connectivity index (χ0) is 17.4. The van der Waals surface area contributed by atoms with Crippen LogP contribution in [0.4, 0.5) is 5.82 Å². The van der Waals surface area contributed by atoms with Gasteiger partial charge in [0.2, 0.25) is 0 Å². The maximum Gasteiger partial charge on any atom is 0.165 e. The smallest absolute Gasteiger partial charge is 0.165 e. The Balaban J connectivity index is 1.84. The zero-order valence-electron chi connectivity index (χ0n) is 12.5. The topological polar surface area (TPSA) is 114 Å². The molecule has 1 fully saturated rings. The lowest BCUT2D eigenvalue weighted by molar-refractivity contribution is -0.0518. The Morgan fingerprint density at radius 3 is 2.62 bits per heavy atom. The highest BCUT2D eigenvalue weighted by Crippen LogP contribution is 2.32. The molecule has 0 radical (unpaired) electrons. The minimum absolute atomic E-state index is 0.288. The molecule has 4 atom stereocenters. The number of halogens is 2. The minimum Gasteiger partial charge on any atom is -0.394 e. The summed E-state index contributed by atoms with van der Waals surface area (Å²) in [5.74, 6) is 0.288. The lowest BCUT2D eigenvalue weighted by Gasteiger charge is -2.17. The maximum absolute atomic E-state index is 10.1. The van der Waals surface area contributed by atoms with Gasteiger partial charge in [-0.05, 0) is 17.7 Å². The molecule has 2 aromatic rings. The first-order valence-electron chi connectivity index (χ1n) is 7.30. The zero-order valence-corrected chi connectivity index (χ0v) is 14.0. The Morgan fingerprint density at radius 1 is 1.25 bits per heavy atom. The molecule has 24 heavy (non-hydrogen) atoms. The lowest BCUT2D eigenvalue weighted by atomic mass is 10.1. The van der Waals surface area contributed by atoms with E-state index in [-0.39, 0.29) is 5.82 Å². The van der Waals surface area contributed by atoms with Gasteiger partial charge in [0.15, 0.2) is 6.23 Å². The Kier molecular flexibility index (Phi) is 5.00. The number of aliphatic hydroxyl groups is 3. The summed E-state index contributed by atoms with van der Waals surface area (Å²) in [5, 5.41) is 30.1. The fourth-order valence-corrected chi connectivity index (χ4v) is 3.18. The molecule has 2 heterocycles. The normalized spacial score (nSPS) is 26.9. The monoisotopic (exact) mass is 373 g/mol. The number of nitrogens with zero attached hydrogens (tertiary/aromatic N) is 2. The first-order chi connectivity index (χ1) is 11.4. The van der Waals surface area contributed by atoms with E-state index in [1.54, 1.807) is 18.2 Å². The van der Waals surface area contributed by atoms with E-state index in [1.165, 1.54) is 10.9 Å². The first kappa shape index (κ1) is 17.5. The predicted octanol–water partition coefficient (Wildman–Crippen LogP) is 0.974. The van der Waals surface area contributed by atoms with Crippen LogP contribution in [-0.2, 0) is 11.2 Å². The van der Waals surface area contributed by atoms with Gasteiger partial charge in [-0.15, -0.1) is 0 Å². The summed E-state index contributed by atoms with van der Waals surface area (Å²) in [5.41, 5.74) is 7.46. The van der Waals surface area contributed by atoms with Gasteiger partial charge in [-0.2, -0.15) is 0 Å². The quantitative estimate of drug-likeness (QED) is 0.634. The molecule has 0 bridgehead atoms. The highest BCUT2D eigenvalue weighted by molar-refractivity contribution is 6.35. The van der Waals surface area contributed by atoms with E-state index in [2.05, 4.69) is 4.98 Å². The standard InChI is InChI=1S/C15H17Cl2N3O4/c16-8-2-1-7(9(17)4-8)3-10-14(18)20(6-19-10)15-13(23)12(22)11(5-21)24-15/h1-2,4,6,11-13,15,21-23H,3,5,18H2/t11-,12-,13-,15-/m1/s1. The summed E-state index contributed by atoms with van der Waals surface area (Å²) in [6.07, 6.45) is -2.40. The van der Waals surface area contributed by atoms with Crippen molar-refractivity contribution in [2.45, 2.75) is 31.0 Å². The molecule has 3 rings (SSSR count). The summed E-state index contributed by atoms with van der Waals surface area (Å²) in [4.78, 5) is 4.24. The van der Waals surface area contributed by atoms with Gasteiger partial charge >= 0.3 is 0 Å². The van der Waals surface area contributed by atoms with Crippen LogP contribution >= 0.6 is 23.2 Å². The van der Waals surface area contributed by atoms with Gasteiger partial charge in [0.25, 0.3) is 0 Å². The molecule has 130 valence electrons. The number of rotatable bonds is 4. The van der Waals surface area contributed by atoms with Crippen molar-refractivity contribution < 1.29 is 20.1 Å². The van der Waals surface area contributed by atoms with E-state index in [4.69, 9.17) is 38.8 Å². The van der Waals surface area contributed by atoms with Crippen LogP contribution in [0.25, 0.3) is 0 Å². The van der Waals surface area contributed by atoms with Crippen LogP contribution in [0.5, 0.6) is 0 Å². The molecule has 0 aliphatic carbocycles. The van der Waals surface area contributed by atoms with Crippen molar-refractivity contribution in [3.8, 4) is 0 Å². The fourth-order valence-electron chi connectivity index (χ4n) is 2.70. The predicted molar refractivity (Wildman–Crippen MR) is 88.9 cm³/mol. The van der Waals surface area contributed by atoms with Crippen molar-refractivity contribution >= 4 is 29.0 Å². The second-order valence-corrected chi connectivity index (χ2v) is 6.47. The molecule has 0 amide bonds. The molecule has 5 N–H and O–H groups in total. The van der Waals surface area contributed by atoms with E-state index in [0.717, 1.165) is 5.56 Å². The summed E-state index contributed by atoms with van der Waals surface area (Å²) in [6, 6.07) is 5.15. The Labute approximate surface area is 148 Å². The molecule has 1 aliphatic rings. The van der Waals surface area contributed by atoms with Crippen LogP contribution in [-0.4, -0.2) is 49.8 Å². The van der Waals surface area contributed by atoms with Crippen molar-refractivity contribution in [3.63, 3.8) is 0 Å². The highest BCUT2D eigenvalue weighted by Gasteiger charge is 2.44. The summed E-state index contributed by atoms with van der Waals surface area (Å²) in [6.45, 7) is -0.406. The van der Waals surface area contributed by atoms with E-state index in [1.807, 2.05) is 0 Å². The first-order valence-corrected chi connectivity index (χ1v) is 8.05. The average molecular weight is 374 g/mol. The summed E-state index contributed by atoms with van der Waals surface area (Å²) >= 11 is 12.0. The molecule has 0 saturated carbocycles. The van der Waals surface area contributed by atoms with Gasteiger partial charge in [-0.1, -0.05) is 29.3 Å². The molecule has 7 nitrogen and oxygen atoms in total. The Morgan fingerprint density at radius 2 is 2.00 bits per heavy atom. The van der Waals surface area contributed by atoms with Gasteiger partial charge in [-0.25, -0.2) is 4.98 Å². The van der Waals surface area contributed by atoms with Gasteiger partial charge in [0.1, 0.15) is 24.1 Å². The van der Waals surface area contributed by atoms with Crippen LogP contribution < -0.4 is 5.73 Å². The van der Waals surface area contributed by atoms with Gasteiger partial charge < -0.3 is 25.8 Å². The maximum atomic E-state index is 10.1. The van der Waals surface area contributed by atoms with Crippen LogP contribution in [0, 0.1) is 0 Å². The van der Waals surface area contributed by atoms with Crippen molar-refractivity contribution in [2.75, 3.05) is 12.3 Å². The number of anilines is 1. The molecular formula is C15H17Cl2N3O4. The third-order valence-electron chi connectivity index (χ3n) is 4.08. The molecule has 0 spiro atoms. The lowest BCUT2D eigenvalue weighted by Crippen LogP contribution is -2.33. The van der Waals surface area contributed by atoms with Gasteiger partial charge in [0, 0.05) is 16.5 Å². The molecular weight excluding hydrogens is 357 g/mol. The Bertz CT molecular complexity index is 740. The number of nitrogen functional groups attached to an aromatic ring is 1. The van der Waals surface area contributed by atoms with Crippen molar-refractivity contribution in [3.05, 3.63) is 45.8 Å². The van der Waals surface area contributed by atoms with Crippen molar-refractivity contribution in [2.24, 2.45) is 0 Å². The number of aromatic nitrogens is 2. The van der Waals surface area contributed by atoms with Crippen LogP contribution in [0.15, 0.2) is 24.5 Å². The molecule has 1 aromatic heterocycles. The third-order valence-corrected chi connectivity index (χ3v) is 4.66. The Hall–Kier alpha value is -1.35. The number of imidazole rings is 1. The second-order valence-electron chi connectivity index (χ2n) is 5.63. The van der Waals surface area contributed by atoms with E-state index < -0.39 is 31.1 Å².